The summed E-state index contributed by atoms with van der Waals surface area (Å²) in [7, 11) is -2.55. The van der Waals surface area contributed by atoms with E-state index in [0.717, 1.165) is 52.8 Å². The lowest BCUT2D eigenvalue weighted by molar-refractivity contribution is -0.0412. The van der Waals surface area contributed by atoms with Crippen LogP contribution in [-0.2, 0) is 19.1 Å². The van der Waals surface area contributed by atoms with E-state index in [-0.39, 0.29) is 35.7 Å². The van der Waals surface area contributed by atoms with E-state index in [4.69, 9.17) is 10.7 Å². The van der Waals surface area contributed by atoms with E-state index in [9.17, 15) is 43.2 Å². The van der Waals surface area contributed by atoms with Gasteiger partial charge in [0, 0.05) is 62.5 Å². The third kappa shape index (κ3) is 10.4. The Balaban J connectivity index is 0.000000215. The molecule has 0 amide bonds. The SMILES string of the molecule is FC1(F)CCNCC1.O=S(=O)(Cl)c1ccc(F)cc1.O=S(=O)(c1ccc(F)cc1)N1CCC(F)(F)CC1. The first-order chi connectivity index (χ1) is 17.0. The van der Waals surface area contributed by atoms with Gasteiger partial charge in [-0.1, -0.05) is 0 Å². The van der Waals surface area contributed by atoms with Crippen molar-refractivity contribution in [1.29, 1.82) is 0 Å². The molecule has 0 aliphatic carbocycles. The molecule has 0 atom stereocenters. The highest BCUT2D eigenvalue weighted by atomic mass is 35.7. The molecule has 208 valence electrons. The zero-order valence-electron chi connectivity index (χ0n) is 19.3. The molecule has 6 nitrogen and oxygen atoms in total. The highest BCUT2D eigenvalue weighted by Crippen LogP contribution is 2.30. The molecule has 37 heavy (non-hydrogen) atoms. The topological polar surface area (TPSA) is 83.5 Å². The van der Waals surface area contributed by atoms with Gasteiger partial charge in [-0.2, -0.15) is 4.31 Å². The van der Waals surface area contributed by atoms with Crippen LogP contribution in [0.25, 0.3) is 0 Å². The Hall–Kier alpha value is -1.87. The van der Waals surface area contributed by atoms with Crippen LogP contribution in [0.4, 0.5) is 26.3 Å². The van der Waals surface area contributed by atoms with Gasteiger partial charge in [0.15, 0.2) is 0 Å². The minimum absolute atomic E-state index is 0.00694. The molecule has 0 unspecified atom stereocenters. The van der Waals surface area contributed by atoms with Crippen molar-refractivity contribution in [1.82, 2.24) is 9.62 Å². The van der Waals surface area contributed by atoms with Gasteiger partial charge in [-0.3, -0.25) is 0 Å². The molecule has 0 bridgehead atoms. The van der Waals surface area contributed by atoms with Gasteiger partial charge in [0.2, 0.25) is 10.0 Å². The number of nitrogens with zero attached hydrogens (tertiary/aromatic N) is 1. The number of alkyl halides is 4. The quantitative estimate of drug-likeness (QED) is 0.399. The van der Waals surface area contributed by atoms with Crippen molar-refractivity contribution in [2.45, 2.75) is 47.3 Å². The fourth-order valence-corrected chi connectivity index (χ4v) is 5.41. The zero-order chi connectivity index (χ0) is 27.9. The van der Waals surface area contributed by atoms with Gasteiger partial charge in [-0.05, 0) is 48.5 Å². The van der Waals surface area contributed by atoms with Crippen LogP contribution in [0.2, 0.25) is 0 Å². The molecule has 2 saturated heterocycles. The molecular weight excluding hydrogens is 570 g/mol. The third-order valence-electron chi connectivity index (χ3n) is 5.34. The Morgan fingerprint density at radius 1 is 0.676 bits per heavy atom. The Morgan fingerprint density at radius 2 is 1.05 bits per heavy atom. The third-order valence-corrected chi connectivity index (χ3v) is 8.62. The van der Waals surface area contributed by atoms with Crippen molar-refractivity contribution in [3.63, 3.8) is 0 Å². The molecule has 0 radical (unpaired) electrons. The van der Waals surface area contributed by atoms with Gasteiger partial charge in [0.1, 0.15) is 11.6 Å². The lowest BCUT2D eigenvalue weighted by Crippen LogP contribution is -2.42. The molecule has 2 aliphatic heterocycles. The Labute approximate surface area is 216 Å². The second-order valence-electron chi connectivity index (χ2n) is 8.21. The number of sulfonamides is 1. The number of benzene rings is 2. The summed E-state index contributed by atoms with van der Waals surface area (Å²) in [5, 5.41) is 2.86. The van der Waals surface area contributed by atoms with Crippen molar-refractivity contribution in [2.24, 2.45) is 0 Å². The number of halogens is 7. The minimum Gasteiger partial charge on any atom is -0.316 e. The summed E-state index contributed by atoms with van der Waals surface area (Å²) >= 11 is 0. The van der Waals surface area contributed by atoms with E-state index in [0.29, 0.717) is 13.1 Å². The molecule has 2 aromatic rings. The van der Waals surface area contributed by atoms with Crippen molar-refractivity contribution >= 4 is 29.8 Å². The standard InChI is InChI=1S/C11H12F3NO2S.C6H4ClFO2S.C5H9F2N/c12-9-1-3-10(4-2-9)18(16,17)15-7-5-11(13,14)6-8-15;7-11(9,10)6-3-1-5(8)2-4-6;6-5(7)1-3-8-4-2-5/h1-4H,5-8H2;1-4H;8H,1-4H2. The maximum Gasteiger partial charge on any atom is 0.261 e. The highest BCUT2D eigenvalue weighted by molar-refractivity contribution is 8.13. The maximum absolute atomic E-state index is 13.0. The zero-order valence-corrected chi connectivity index (χ0v) is 21.7. The van der Waals surface area contributed by atoms with E-state index in [1.54, 1.807) is 0 Å². The Kier molecular flexibility index (Phi) is 10.8. The molecular formula is C22H25ClF6N2O4S2. The Morgan fingerprint density at radius 3 is 1.41 bits per heavy atom. The summed E-state index contributed by atoms with van der Waals surface area (Å²) < 4.78 is 121. The fraction of sp³-hybridized carbons (Fsp3) is 0.455. The molecule has 0 saturated carbocycles. The largest absolute Gasteiger partial charge is 0.316 e. The van der Waals surface area contributed by atoms with Crippen LogP contribution >= 0.6 is 10.7 Å². The van der Waals surface area contributed by atoms with Crippen LogP contribution in [-0.4, -0.2) is 59.2 Å². The summed E-state index contributed by atoms with van der Waals surface area (Å²) in [6.07, 6.45) is -0.944. The second kappa shape index (κ2) is 12.8. The lowest BCUT2D eigenvalue weighted by atomic mass is 10.1. The molecule has 1 N–H and O–H groups in total. The number of nitrogens with one attached hydrogen (secondary N) is 1. The molecule has 4 rings (SSSR count). The van der Waals surface area contributed by atoms with E-state index < -0.39 is 55.4 Å². The molecule has 2 aliphatic rings. The molecule has 0 aromatic heterocycles. The van der Waals surface area contributed by atoms with Crippen LogP contribution in [0.3, 0.4) is 0 Å². The molecule has 2 fully saturated rings. The highest BCUT2D eigenvalue weighted by Gasteiger charge is 2.38. The molecule has 0 spiro atoms. The van der Waals surface area contributed by atoms with Crippen LogP contribution in [0.5, 0.6) is 0 Å². The van der Waals surface area contributed by atoms with Crippen LogP contribution < -0.4 is 5.32 Å². The molecule has 2 heterocycles. The van der Waals surface area contributed by atoms with E-state index in [1.807, 2.05) is 0 Å². The van der Waals surface area contributed by atoms with Crippen molar-refractivity contribution in [3.8, 4) is 0 Å². The van der Waals surface area contributed by atoms with E-state index >= 15 is 0 Å². The monoisotopic (exact) mass is 594 g/mol. The van der Waals surface area contributed by atoms with Crippen molar-refractivity contribution < 1.29 is 43.2 Å². The summed E-state index contributed by atoms with van der Waals surface area (Å²) in [5.74, 6) is -6.21. The van der Waals surface area contributed by atoms with Crippen LogP contribution in [0, 0.1) is 11.6 Å². The van der Waals surface area contributed by atoms with Gasteiger partial charge < -0.3 is 5.32 Å². The predicted molar refractivity (Wildman–Crippen MR) is 126 cm³/mol. The van der Waals surface area contributed by atoms with Crippen molar-refractivity contribution in [3.05, 3.63) is 60.2 Å². The first-order valence-corrected chi connectivity index (χ1v) is 14.7. The first kappa shape index (κ1) is 31.3. The van der Waals surface area contributed by atoms with Gasteiger partial charge in [0.05, 0.1) is 9.79 Å². The molecule has 15 heteroatoms. The van der Waals surface area contributed by atoms with Crippen LogP contribution in [0.1, 0.15) is 25.7 Å². The number of hydrogen-bond acceptors (Lipinski definition) is 5. The van der Waals surface area contributed by atoms with Gasteiger partial charge in [0.25, 0.3) is 20.9 Å². The van der Waals surface area contributed by atoms with Gasteiger partial charge >= 0.3 is 0 Å². The number of hydrogen-bond donors (Lipinski definition) is 1. The minimum atomic E-state index is -3.80. The summed E-state index contributed by atoms with van der Waals surface area (Å²) in [4.78, 5) is -0.172. The predicted octanol–water partition coefficient (Wildman–Crippen LogP) is 5.00. The number of piperidine rings is 2. The lowest BCUT2D eigenvalue weighted by Gasteiger charge is -2.30. The first-order valence-electron chi connectivity index (χ1n) is 10.9. The normalized spacial score (nSPS) is 19.5. The smallest absolute Gasteiger partial charge is 0.261 e. The van der Waals surface area contributed by atoms with Gasteiger partial charge in [-0.25, -0.2) is 43.2 Å². The fourth-order valence-electron chi connectivity index (χ4n) is 3.20. The Bertz CT molecular complexity index is 1210. The summed E-state index contributed by atoms with van der Waals surface area (Å²) in [5.41, 5.74) is 0. The second-order valence-corrected chi connectivity index (χ2v) is 12.7. The van der Waals surface area contributed by atoms with Gasteiger partial charge in [-0.15, -0.1) is 0 Å². The molecule has 2 aromatic carbocycles. The number of rotatable bonds is 3. The summed E-state index contributed by atoms with van der Waals surface area (Å²) in [6, 6.07) is 8.63. The van der Waals surface area contributed by atoms with E-state index in [2.05, 4.69) is 5.32 Å². The van der Waals surface area contributed by atoms with Crippen molar-refractivity contribution in [2.75, 3.05) is 26.2 Å². The maximum atomic E-state index is 13.0. The van der Waals surface area contributed by atoms with Crippen LogP contribution in [0.15, 0.2) is 58.3 Å². The summed E-state index contributed by atoms with van der Waals surface area (Å²) in [6.45, 7) is 0.499. The average molecular weight is 595 g/mol. The van der Waals surface area contributed by atoms with E-state index in [1.165, 1.54) is 0 Å². The average Bonchev–Trinajstić information content (AvgIpc) is 2.79.